The van der Waals surface area contributed by atoms with E-state index in [1.54, 1.807) is 24.9 Å². The number of halogens is 3. The number of aromatic nitrogens is 5. The van der Waals surface area contributed by atoms with Gasteiger partial charge in [-0.2, -0.15) is 19.0 Å². The van der Waals surface area contributed by atoms with Crippen LogP contribution in [0.1, 0.15) is 37.5 Å². The van der Waals surface area contributed by atoms with Crippen LogP contribution >= 0.6 is 0 Å². The predicted molar refractivity (Wildman–Crippen MR) is 172 cm³/mol. The Morgan fingerprint density at radius 1 is 1.06 bits per heavy atom. The average Bonchev–Trinajstić information content (AvgIpc) is 3.83. The zero-order valence-corrected chi connectivity index (χ0v) is 26.4. The van der Waals surface area contributed by atoms with Gasteiger partial charge in [-0.1, -0.05) is 18.2 Å². The summed E-state index contributed by atoms with van der Waals surface area (Å²) in [5, 5.41) is 13.5. The number of benzene rings is 2. The third-order valence-corrected chi connectivity index (χ3v) is 10.2. The van der Waals surface area contributed by atoms with Crippen LogP contribution in [0, 0.1) is 17.7 Å². The maximum atomic E-state index is 13.5. The largest absolute Gasteiger partial charge is 0.484 e. The van der Waals surface area contributed by atoms with Gasteiger partial charge in [0.05, 0.1) is 28.8 Å². The fourth-order valence-electron chi connectivity index (χ4n) is 6.82. The summed E-state index contributed by atoms with van der Waals surface area (Å²) in [6.07, 6.45) is 7.00. The van der Waals surface area contributed by atoms with Crippen molar-refractivity contribution >= 4 is 32.4 Å². The standard InChI is InChI=1S/C32H33F3N8O3S/c1-17(18-3-6-23(33)7-4-18)46-27-11-19(5-8-26(27)41-47(44,45)32(34)35)29-28-30(42(2)40-29)25(15-38-31(28)36)22-14-39-43(16-22)24-9-20-12-37-13-21(20)10-24/h3-8,11,14-17,20-21,24,32,37,41H,9-10,12-13H2,1-2H3,(H2,36,38)/t17-,20+,21?,24?/m0/s1. The van der Waals surface area contributed by atoms with Crippen molar-refractivity contribution in [3.63, 3.8) is 0 Å². The number of anilines is 2. The monoisotopic (exact) mass is 666 g/mol. The van der Waals surface area contributed by atoms with Gasteiger partial charge in [0, 0.05) is 36.1 Å². The molecule has 1 aliphatic heterocycles. The van der Waals surface area contributed by atoms with Crippen molar-refractivity contribution in [2.45, 2.75) is 37.7 Å². The number of hydrogen-bond donors (Lipinski definition) is 3. The number of pyridine rings is 1. The molecule has 7 rings (SSSR count). The summed E-state index contributed by atoms with van der Waals surface area (Å²) in [7, 11) is -3.23. The molecule has 0 bridgehead atoms. The maximum Gasteiger partial charge on any atom is 0.355 e. The fourth-order valence-corrected chi connectivity index (χ4v) is 7.38. The van der Waals surface area contributed by atoms with E-state index < -0.39 is 27.7 Å². The molecule has 3 aromatic heterocycles. The number of nitrogen functional groups attached to an aromatic ring is 1. The molecule has 246 valence electrons. The number of hydrogen-bond acceptors (Lipinski definition) is 8. The van der Waals surface area contributed by atoms with E-state index in [0.29, 0.717) is 45.6 Å². The molecule has 15 heteroatoms. The first-order valence-electron chi connectivity index (χ1n) is 15.2. The third-order valence-electron chi connectivity index (χ3n) is 9.19. The molecule has 5 aromatic rings. The summed E-state index contributed by atoms with van der Waals surface area (Å²) in [5.74, 6) is -2.58. The second kappa shape index (κ2) is 11.9. The summed E-state index contributed by atoms with van der Waals surface area (Å²) >= 11 is 0. The van der Waals surface area contributed by atoms with Gasteiger partial charge in [0.25, 0.3) is 10.0 Å². The average molecular weight is 667 g/mol. The van der Waals surface area contributed by atoms with Crippen molar-refractivity contribution in [3.8, 4) is 28.1 Å². The van der Waals surface area contributed by atoms with Crippen LogP contribution in [0.15, 0.2) is 61.1 Å². The van der Waals surface area contributed by atoms with Crippen LogP contribution in [0.2, 0.25) is 0 Å². The molecule has 4 atom stereocenters. The van der Waals surface area contributed by atoms with Gasteiger partial charge in [0.15, 0.2) is 0 Å². The van der Waals surface area contributed by atoms with E-state index in [0.717, 1.165) is 37.1 Å². The number of rotatable bonds is 9. The van der Waals surface area contributed by atoms with Gasteiger partial charge in [0.1, 0.15) is 29.2 Å². The lowest BCUT2D eigenvalue weighted by Crippen LogP contribution is -2.21. The Hall–Kier alpha value is -4.63. The van der Waals surface area contributed by atoms with Gasteiger partial charge >= 0.3 is 5.76 Å². The van der Waals surface area contributed by atoms with Gasteiger partial charge in [-0.15, -0.1) is 0 Å². The number of nitrogens with two attached hydrogens (primary N) is 1. The number of nitrogens with zero attached hydrogens (tertiary/aromatic N) is 5. The smallest absolute Gasteiger partial charge is 0.355 e. The van der Waals surface area contributed by atoms with Crippen LogP contribution in [0.5, 0.6) is 5.75 Å². The second-order valence-electron chi connectivity index (χ2n) is 12.2. The van der Waals surface area contributed by atoms with Crippen LogP contribution < -0.4 is 20.5 Å². The molecule has 1 saturated heterocycles. The Labute approximate surface area is 269 Å². The highest BCUT2D eigenvalue weighted by atomic mass is 32.2. The quantitative estimate of drug-likeness (QED) is 0.187. The van der Waals surface area contributed by atoms with Gasteiger partial charge in [-0.25, -0.2) is 17.8 Å². The number of aryl methyl sites for hydroxylation is 1. The highest BCUT2D eigenvalue weighted by Gasteiger charge is 2.38. The molecule has 47 heavy (non-hydrogen) atoms. The van der Waals surface area contributed by atoms with Crippen LogP contribution in [0.3, 0.4) is 0 Å². The van der Waals surface area contributed by atoms with Crippen molar-refractivity contribution in [2.75, 3.05) is 23.5 Å². The fraction of sp³-hybridized carbons (Fsp3) is 0.344. The summed E-state index contributed by atoms with van der Waals surface area (Å²) in [4.78, 5) is 4.48. The van der Waals surface area contributed by atoms with Crippen LogP contribution in [-0.2, 0) is 17.1 Å². The summed E-state index contributed by atoms with van der Waals surface area (Å²) in [6, 6.07) is 10.3. The number of alkyl halides is 2. The Balaban J connectivity index is 1.27. The molecular formula is C32H33F3N8O3S. The second-order valence-corrected chi connectivity index (χ2v) is 13.8. The van der Waals surface area contributed by atoms with E-state index in [9.17, 15) is 21.6 Å². The first kappa shape index (κ1) is 31.0. The van der Waals surface area contributed by atoms with E-state index in [-0.39, 0.29) is 17.3 Å². The minimum atomic E-state index is -5.01. The molecule has 2 unspecified atom stereocenters. The van der Waals surface area contributed by atoms with Crippen molar-refractivity contribution in [1.82, 2.24) is 29.9 Å². The third kappa shape index (κ3) is 5.78. The minimum Gasteiger partial charge on any atom is -0.484 e. The number of nitrogens with one attached hydrogen (secondary N) is 2. The molecule has 0 spiro atoms. The molecule has 2 fully saturated rings. The highest BCUT2D eigenvalue weighted by Crippen LogP contribution is 2.43. The maximum absolute atomic E-state index is 13.5. The first-order valence-corrected chi connectivity index (χ1v) is 16.8. The normalized spacial score (nSPS) is 20.2. The van der Waals surface area contributed by atoms with Crippen molar-refractivity contribution < 1.29 is 26.3 Å². The first-order chi connectivity index (χ1) is 22.5. The van der Waals surface area contributed by atoms with E-state index in [2.05, 4.69) is 10.3 Å². The van der Waals surface area contributed by atoms with Crippen molar-refractivity contribution in [1.29, 1.82) is 0 Å². The van der Waals surface area contributed by atoms with Crippen LogP contribution in [0.4, 0.5) is 24.7 Å². The lowest BCUT2D eigenvalue weighted by Gasteiger charge is -2.19. The summed E-state index contributed by atoms with van der Waals surface area (Å²) in [6.45, 7) is 3.77. The zero-order chi connectivity index (χ0) is 33.0. The van der Waals surface area contributed by atoms with Crippen molar-refractivity contribution in [2.24, 2.45) is 18.9 Å². The molecule has 4 heterocycles. The highest BCUT2D eigenvalue weighted by molar-refractivity contribution is 7.93. The summed E-state index contributed by atoms with van der Waals surface area (Å²) < 4.78 is 76.1. The molecule has 2 aromatic carbocycles. The number of ether oxygens (including phenoxy) is 1. The van der Waals surface area contributed by atoms with Gasteiger partial charge < -0.3 is 15.8 Å². The van der Waals surface area contributed by atoms with E-state index in [1.165, 1.54) is 42.5 Å². The Bertz CT molecular complexity index is 2050. The molecule has 11 nitrogen and oxygen atoms in total. The Morgan fingerprint density at radius 2 is 1.79 bits per heavy atom. The predicted octanol–water partition coefficient (Wildman–Crippen LogP) is 5.49. The molecule has 1 aliphatic carbocycles. The minimum absolute atomic E-state index is 0.0390. The van der Waals surface area contributed by atoms with Gasteiger partial charge in [-0.05, 0) is 74.5 Å². The SMILES string of the molecule is C[C@H](Oc1cc(-c2nn(C)c3c(-c4cnn(C5CC6CNC[C@H]6C5)c4)cnc(N)c23)ccc1NS(=O)(=O)C(F)F)c1ccc(F)cc1. The number of fused-ring (bicyclic) bond motifs is 2. The van der Waals surface area contributed by atoms with Gasteiger partial charge in [-0.3, -0.25) is 14.1 Å². The summed E-state index contributed by atoms with van der Waals surface area (Å²) in [5.41, 5.74) is 10.1. The van der Waals surface area contributed by atoms with Crippen LogP contribution in [0.25, 0.3) is 33.3 Å². The molecular weight excluding hydrogens is 633 g/mol. The lowest BCUT2D eigenvalue weighted by atomic mass is 10.0. The molecule has 0 amide bonds. The Morgan fingerprint density at radius 3 is 2.49 bits per heavy atom. The van der Waals surface area contributed by atoms with E-state index in [4.69, 9.17) is 20.7 Å². The van der Waals surface area contributed by atoms with Crippen LogP contribution in [-0.4, -0.2) is 51.8 Å². The van der Waals surface area contributed by atoms with E-state index in [1.807, 2.05) is 21.8 Å². The Kier molecular flexibility index (Phi) is 7.83. The topological polar surface area (TPSA) is 142 Å². The molecule has 2 aliphatic rings. The molecule has 4 N–H and O–H groups in total. The lowest BCUT2D eigenvalue weighted by molar-refractivity contribution is 0.228. The number of sulfonamides is 1. The molecule has 0 radical (unpaired) electrons. The molecule has 1 saturated carbocycles. The van der Waals surface area contributed by atoms with E-state index >= 15 is 0 Å². The van der Waals surface area contributed by atoms with Gasteiger partial charge in [0.2, 0.25) is 0 Å². The zero-order valence-electron chi connectivity index (χ0n) is 25.6. The van der Waals surface area contributed by atoms with Crippen molar-refractivity contribution in [3.05, 3.63) is 72.4 Å².